The molecule has 0 radical (unpaired) electrons. The Labute approximate surface area is 266 Å². The summed E-state index contributed by atoms with van der Waals surface area (Å²) in [4.78, 5) is 69.9. The fourth-order valence-electron chi connectivity index (χ4n) is 8.59. The number of aliphatic hydroxyl groups is 1. The third kappa shape index (κ3) is 5.68. The van der Waals surface area contributed by atoms with Crippen LogP contribution < -0.4 is 5.73 Å². The number of carbonyl (C=O) groups excluding carboxylic acids is 5. The Morgan fingerprint density at radius 1 is 1.07 bits per heavy atom. The van der Waals surface area contributed by atoms with Crippen LogP contribution in [0, 0.1) is 29.1 Å². The number of nitrogens with two attached hydrogens (primary N) is 1. The fraction of sp³-hybridized carbons (Fsp3) is 0.667. The molecule has 0 aliphatic heterocycles. The van der Waals surface area contributed by atoms with E-state index < -0.39 is 105 Å². The van der Waals surface area contributed by atoms with Crippen molar-refractivity contribution in [1.82, 2.24) is 9.80 Å². The summed E-state index contributed by atoms with van der Waals surface area (Å²) in [6.45, 7) is 12.0. The number of ketones is 4. The zero-order valence-electron chi connectivity index (χ0n) is 27.5. The lowest BCUT2D eigenvalue weighted by Crippen LogP contribution is -2.74. The maximum atomic E-state index is 15.0. The van der Waals surface area contributed by atoms with E-state index in [9.17, 15) is 47.4 Å². The van der Waals surface area contributed by atoms with Crippen molar-refractivity contribution in [3.8, 4) is 5.75 Å². The van der Waals surface area contributed by atoms with E-state index in [1.165, 1.54) is 19.0 Å². The predicted octanol–water partition coefficient (Wildman–Crippen LogP) is 2.92. The van der Waals surface area contributed by atoms with Crippen molar-refractivity contribution in [3.05, 3.63) is 28.3 Å². The Morgan fingerprint density at radius 3 is 2.13 bits per heavy atom. The number of likely N-dealkylation sites (N-methyl/N-ethyl adjacent to an activating group) is 1. The molecule has 6 atom stereocenters. The first-order valence-corrected chi connectivity index (χ1v) is 15.4. The summed E-state index contributed by atoms with van der Waals surface area (Å²) in [7, 11) is 2.86. The summed E-state index contributed by atoms with van der Waals surface area (Å²) in [5.74, 6) is -13.4. The van der Waals surface area contributed by atoms with Crippen molar-refractivity contribution < 1.29 is 47.4 Å². The third-order valence-electron chi connectivity index (χ3n) is 9.99. The Kier molecular flexibility index (Phi) is 8.94. The van der Waals surface area contributed by atoms with Gasteiger partial charge in [0.2, 0.25) is 5.91 Å². The molecule has 0 spiro atoms. The van der Waals surface area contributed by atoms with Crippen LogP contribution in [0.5, 0.6) is 5.75 Å². The van der Waals surface area contributed by atoms with E-state index in [1.807, 2.05) is 46.4 Å². The van der Waals surface area contributed by atoms with Gasteiger partial charge in [-0.15, -0.1) is 0 Å². The second-order valence-electron chi connectivity index (χ2n) is 15.1. The lowest BCUT2D eigenvalue weighted by molar-refractivity contribution is -0.181. The van der Waals surface area contributed by atoms with Gasteiger partial charge in [-0.1, -0.05) is 27.7 Å². The number of halogens is 3. The van der Waals surface area contributed by atoms with Crippen LogP contribution in [-0.4, -0.2) is 86.9 Å². The molecule has 2 unspecified atom stereocenters. The molecule has 2 fully saturated rings. The number of fused-ring (bicyclic) bond motifs is 3. The predicted molar refractivity (Wildman–Crippen MR) is 161 cm³/mol. The number of alkyl halides is 3. The normalized spacial score (nSPS) is 28.8. The van der Waals surface area contributed by atoms with Crippen molar-refractivity contribution in [2.45, 2.75) is 90.7 Å². The molecule has 0 heterocycles. The first-order valence-electron chi connectivity index (χ1n) is 15.4. The van der Waals surface area contributed by atoms with Crippen molar-refractivity contribution in [2.75, 3.05) is 20.6 Å². The van der Waals surface area contributed by atoms with Gasteiger partial charge in [0.05, 0.1) is 23.1 Å². The number of phenols is 1. The van der Waals surface area contributed by atoms with Gasteiger partial charge >= 0.3 is 6.18 Å². The van der Waals surface area contributed by atoms with Crippen LogP contribution in [0.1, 0.15) is 81.4 Å². The van der Waals surface area contributed by atoms with Crippen LogP contribution in [-0.2, 0) is 38.3 Å². The number of amides is 1. The van der Waals surface area contributed by atoms with Crippen LogP contribution >= 0.6 is 0 Å². The fourth-order valence-corrected chi connectivity index (χ4v) is 8.59. The second kappa shape index (κ2) is 11.5. The van der Waals surface area contributed by atoms with Gasteiger partial charge in [0.25, 0.3) is 0 Å². The lowest BCUT2D eigenvalue weighted by atomic mass is 9.52. The van der Waals surface area contributed by atoms with Crippen molar-refractivity contribution in [2.24, 2.45) is 34.8 Å². The van der Waals surface area contributed by atoms with Gasteiger partial charge in [-0.25, -0.2) is 0 Å². The first kappa shape index (κ1) is 35.7. The molecule has 0 bridgehead atoms. The largest absolute Gasteiger partial charge is 0.507 e. The SMILES string of the molecule is CCN(Cc1cc(O)c2c(c1C(F)(F)F)C[C@H]1C[C@H]3[C@H](N(C)C)C(=O)C(C(N)=O)C(=O)[C@@]3(O)C(=O)C1C2=O)C(C)(C)CC(C)(C)C. The Hall–Kier alpha value is -3.16. The zero-order chi connectivity index (χ0) is 35.1. The van der Waals surface area contributed by atoms with Gasteiger partial charge in [0.1, 0.15) is 5.75 Å². The Bertz CT molecular complexity index is 1500. The maximum absolute atomic E-state index is 15.0. The third-order valence-corrected chi connectivity index (χ3v) is 9.99. The summed E-state index contributed by atoms with van der Waals surface area (Å²) < 4.78 is 44.9. The summed E-state index contributed by atoms with van der Waals surface area (Å²) in [5.41, 5.74) is -0.744. The minimum Gasteiger partial charge on any atom is -0.507 e. The molecule has 10 nitrogen and oxygen atoms in total. The first-order chi connectivity index (χ1) is 20.9. The molecule has 4 N–H and O–H groups in total. The molecule has 1 amide bonds. The number of benzene rings is 1. The number of hydrogen-bond acceptors (Lipinski definition) is 9. The van der Waals surface area contributed by atoms with Crippen molar-refractivity contribution in [3.63, 3.8) is 0 Å². The highest BCUT2D eigenvalue weighted by molar-refractivity contribution is 6.32. The Balaban J connectivity index is 1.88. The molecular weight excluding hydrogens is 607 g/mol. The smallest absolute Gasteiger partial charge is 0.417 e. The number of aromatic hydroxyl groups is 1. The molecule has 3 aliphatic carbocycles. The molecule has 3 aliphatic rings. The number of Topliss-reactive ketones (excluding diaryl/α,β-unsaturated/α-hetero) is 4. The highest BCUT2D eigenvalue weighted by atomic mass is 19.4. The second-order valence-corrected chi connectivity index (χ2v) is 15.1. The number of rotatable bonds is 7. The molecule has 254 valence electrons. The zero-order valence-corrected chi connectivity index (χ0v) is 27.5. The number of nitrogens with zero attached hydrogens (tertiary/aromatic N) is 2. The minimum atomic E-state index is -4.94. The van der Waals surface area contributed by atoms with Crippen LogP contribution in [0.3, 0.4) is 0 Å². The molecule has 4 rings (SSSR count). The Morgan fingerprint density at radius 2 is 1.65 bits per heavy atom. The van der Waals surface area contributed by atoms with E-state index in [1.54, 1.807) is 0 Å². The molecule has 2 saturated carbocycles. The van der Waals surface area contributed by atoms with Gasteiger partial charge in [0.15, 0.2) is 34.7 Å². The average molecular weight is 652 g/mol. The number of primary amides is 1. The average Bonchev–Trinajstić information content (AvgIpc) is 2.86. The van der Waals surface area contributed by atoms with Crippen LogP contribution in [0.4, 0.5) is 13.2 Å². The monoisotopic (exact) mass is 651 g/mol. The molecule has 1 aromatic rings. The standard InChI is InChI=1S/C33H44F3N3O7/c1-9-39(31(5,6)14-30(2,3)4)13-16-12-19(40)21-17(23(16)33(34,35)36)10-15-11-18-24(38(7)8)26(42)22(29(37)45)28(44)32(18,46)27(43)20(15)25(21)41/h12,15,18,20,22,24,40,46H,9-11,13-14H2,1-8H3,(H2,37,45)/t15-,18-,20?,22?,24-,32-/m0/s1. The minimum absolute atomic E-state index is 0.137. The highest BCUT2D eigenvalue weighted by Gasteiger charge is 2.69. The lowest BCUT2D eigenvalue weighted by Gasteiger charge is -2.52. The molecule has 0 aromatic heterocycles. The topological polar surface area (TPSA) is 158 Å². The number of carbonyl (C=O) groups is 5. The highest BCUT2D eigenvalue weighted by Crippen LogP contribution is 2.53. The van der Waals surface area contributed by atoms with Gasteiger partial charge in [-0.2, -0.15) is 13.2 Å². The van der Waals surface area contributed by atoms with E-state index in [0.29, 0.717) is 13.0 Å². The summed E-state index contributed by atoms with van der Waals surface area (Å²) >= 11 is 0. The molecule has 1 aromatic carbocycles. The molecule has 0 saturated heterocycles. The van der Waals surface area contributed by atoms with E-state index in [0.717, 1.165) is 6.07 Å². The van der Waals surface area contributed by atoms with Crippen molar-refractivity contribution in [1.29, 1.82) is 0 Å². The number of phenolic OH excluding ortho intramolecular Hbond substituents is 1. The van der Waals surface area contributed by atoms with Crippen LogP contribution in [0.15, 0.2) is 6.07 Å². The summed E-state index contributed by atoms with van der Waals surface area (Å²) in [6, 6.07) is -0.442. The molecule has 13 heteroatoms. The summed E-state index contributed by atoms with van der Waals surface area (Å²) in [6.07, 6.45) is -5.10. The van der Waals surface area contributed by atoms with Gasteiger partial charge in [-0.3, -0.25) is 33.8 Å². The van der Waals surface area contributed by atoms with Gasteiger partial charge in [-0.05, 0) is 82.3 Å². The van der Waals surface area contributed by atoms with E-state index >= 15 is 0 Å². The molecular formula is C33H44F3N3O7. The van der Waals surface area contributed by atoms with E-state index in [4.69, 9.17) is 5.73 Å². The van der Waals surface area contributed by atoms with Crippen molar-refractivity contribution >= 4 is 29.0 Å². The summed E-state index contributed by atoms with van der Waals surface area (Å²) in [5, 5.41) is 22.8. The number of hydrogen-bond donors (Lipinski definition) is 3. The molecule has 46 heavy (non-hydrogen) atoms. The van der Waals surface area contributed by atoms with E-state index in [2.05, 4.69) is 0 Å². The van der Waals surface area contributed by atoms with E-state index in [-0.39, 0.29) is 23.9 Å². The maximum Gasteiger partial charge on any atom is 0.417 e. The van der Waals surface area contributed by atoms with Gasteiger partial charge in [0, 0.05) is 18.0 Å². The van der Waals surface area contributed by atoms with Gasteiger partial charge < -0.3 is 15.9 Å². The quantitative estimate of drug-likeness (QED) is 0.377. The van der Waals surface area contributed by atoms with Crippen LogP contribution in [0.25, 0.3) is 0 Å². The van der Waals surface area contributed by atoms with Crippen LogP contribution in [0.2, 0.25) is 0 Å².